The fourth-order valence-electron chi connectivity index (χ4n) is 2.22. The van der Waals surface area contributed by atoms with E-state index in [1.165, 1.54) is 5.56 Å². The van der Waals surface area contributed by atoms with E-state index in [2.05, 4.69) is 17.9 Å². The van der Waals surface area contributed by atoms with Crippen molar-refractivity contribution in [2.75, 3.05) is 17.2 Å². The van der Waals surface area contributed by atoms with Crippen LogP contribution in [0.25, 0.3) is 0 Å². The molecular formula is C17H19N3. The molecule has 3 heteroatoms. The maximum atomic E-state index is 8.91. The van der Waals surface area contributed by atoms with E-state index in [1.54, 1.807) is 0 Å². The average Bonchev–Trinajstić information content (AvgIpc) is 2.47. The van der Waals surface area contributed by atoms with Crippen LogP contribution >= 0.6 is 0 Å². The van der Waals surface area contributed by atoms with Gasteiger partial charge in [-0.3, -0.25) is 0 Å². The normalized spacial score (nSPS) is 10.1. The summed E-state index contributed by atoms with van der Waals surface area (Å²) in [5.74, 6) is 0. The molecule has 0 aliphatic carbocycles. The Hall–Kier alpha value is -2.47. The van der Waals surface area contributed by atoms with Gasteiger partial charge in [-0.1, -0.05) is 6.07 Å². The van der Waals surface area contributed by atoms with E-state index >= 15 is 0 Å². The third-order valence-electron chi connectivity index (χ3n) is 3.47. The Kier molecular flexibility index (Phi) is 4.27. The molecule has 2 aromatic carbocycles. The fraction of sp³-hybridized carbons (Fsp3) is 0.235. The smallest absolute Gasteiger partial charge is 0.0991 e. The number of aryl methyl sites for hydroxylation is 1. The third kappa shape index (κ3) is 3.10. The molecule has 0 spiro atoms. The quantitative estimate of drug-likeness (QED) is 0.861. The topological polar surface area (TPSA) is 53.0 Å². The highest BCUT2D eigenvalue weighted by Gasteiger charge is 2.07. The second-order valence-corrected chi connectivity index (χ2v) is 4.86. The number of nitriles is 1. The van der Waals surface area contributed by atoms with Crippen LogP contribution in [0.1, 0.15) is 23.6 Å². The van der Waals surface area contributed by atoms with Gasteiger partial charge in [-0.15, -0.1) is 0 Å². The molecule has 0 saturated carbocycles. The van der Waals surface area contributed by atoms with Crippen LogP contribution in [0.15, 0.2) is 42.5 Å². The van der Waals surface area contributed by atoms with Crippen molar-refractivity contribution < 1.29 is 0 Å². The molecule has 0 radical (unpaired) electrons. The van der Waals surface area contributed by atoms with Gasteiger partial charge in [-0.25, -0.2) is 0 Å². The number of nitrogens with zero attached hydrogens (tertiary/aromatic N) is 2. The summed E-state index contributed by atoms with van der Waals surface area (Å²) < 4.78 is 0. The molecule has 3 nitrogen and oxygen atoms in total. The summed E-state index contributed by atoms with van der Waals surface area (Å²) in [4.78, 5) is 2.29. The van der Waals surface area contributed by atoms with Gasteiger partial charge in [0.05, 0.1) is 11.6 Å². The number of nitrogens with two attached hydrogens (primary N) is 1. The lowest BCUT2D eigenvalue weighted by atomic mass is 10.0. The molecule has 2 aromatic rings. The highest BCUT2D eigenvalue weighted by Crippen LogP contribution is 2.20. The van der Waals surface area contributed by atoms with Crippen molar-refractivity contribution in [3.05, 3.63) is 59.2 Å². The van der Waals surface area contributed by atoms with Crippen LogP contribution in [-0.2, 0) is 6.54 Å². The Bertz CT molecular complexity index is 624. The largest absolute Gasteiger partial charge is 0.399 e. The summed E-state index contributed by atoms with van der Waals surface area (Å²) in [6.07, 6.45) is 0. The van der Waals surface area contributed by atoms with Gasteiger partial charge in [0, 0.05) is 24.5 Å². The summed E-state index contributed by atoms with van der Waals surface area (Å²) in [6.45, 7) is 5.93. The molecule has 0 heterocycles. The SMILES string of the molecule is CCN(Cc1ccc(C#N)cc1C)c1ccc(N)cc1. The summed E-state index contributed by atoms with van der Waals surface area (Å²) >= 11 is 0. The Morgan fingerprint density at radius 2 is 1.85 bits per heavy atom. The van der Waals surface area contributed by atoms with Gasteiger partial charge in [0.1, 0.15) is 0 Å². The van der Waals surface area contributed by atoms with Gasteiger partial charge in [0.25, 0.3) is 0 Å². The van der Waals surface area contributed by atoms with Crippen molar-refractivity contribution in [1.29, 1.82) is 5.26 Å². The third-order valence-corrected chi connectivity index (χ3v) is 3.47. The van der Waals surface area contributed by atoms with E-state index in [9.17, 15) is 0 Å². The molecule has 0 saturated heterocycles. The zero-order valence-electron chi connectivity index (χ0n) is 11.9. The number of rotatable bonds is 4. The number of nitrogen functional groups attached to an aromatic ring is 1. The van der Waals surface area contributed by atoms with Crippen LogP contribution in [0, 0.1) is 18.3 Å². The summed E-state index contributed by atoms with van der Waals surface area (Å²) in [5.41, 5.74) is 10.8. The minimum Gasteiger partial charge on any atom is -0.399 e. The van der Waals surface area contributed by atoms with Gasteiger partial charge < -0.3 is 10.6 Å². The van der Waals surface area contributed by atoms with Crippen LogP contribution in [0.3, 0.4) is 0 Å². The zero-order valence-corrected chi connectivity index (χ0v) is 11.9. The van der Waals surface area contributed by atoms with E-state index in [-0.39, 0.29) is 0 Å². The monoisotopic (exact) mass is 265 g/mol. The molecule has 0 amide bonds. The van der Waals surface area contributed by atoms with Gasteiger partial charge in [-0.05, 0) is 61.4 Å². The molecule has 0 aliphatic heterocycles. The van der Waals surface area contributed by atoms with Crippen LogP contribution < -0.4 is 10.6 Å². The maximum Gasteiger partial charge on any atom is 0.0991 e. The summed E-state index contributed by atoms with van der Waals surface area (Å²) in [5, 5.41) is 8.91. The van der Waals surface area contributed by atoms with Crippen molar-refractivity contribution in [3.8, 4) is 6.07 Å². The van der Waals surface area contributed by atoms with Crippen LogP contribution in [0.5, 0.6) is 0 Å². The van der Waals surface area contributed by atoms with E-state index in [1.807, 2.05) is 49.4 Å². The molecule has 102 valence electrons. The predicted molar refractivity (Wildman–Crippen MR) is 83.5 cm³/mol. The average molecular weight is 265 g/mol. The number of hydrogen-bond donors (Lipinski definition) is 1. The second kappa shape index (κ2) is 6.12. The van der Waals surface area contributed by atoms with E-state index < -0.39 is 0 Å². The first-order valence-electron chi connectivity index (χ1n) is 6.74. The molecule has 20 heavy (non-hydrogen) atoms. The van der Waals surface area contributed by atoms with E-state index in [0.717, 1.165) is 30.0 Å². The molecule has 0 aromatic heterocycles. The van der Waals surface area contributed by atoms with Crippen molar-refractivity contribution in [2.24, 2.45) is 0 Å². The fourth-order valence-corrected chi connectivity index (χ4v) is 2.22. The molecular weight excluding hydrogens is 246 g/mol. The summed E-state index contributed by atoms with van der Waals surface area (Å²) in [6, 6.07) is 15.9. The first-order valence-corrected chi connectivity index (χ1v) is 6.74. The van der Waals surface area contributed by atoms with Gasteiger partial charge >= 0.3 is 0 Å². The van der Waals surface area contributed by atoms with Crippen LogP contribution in [-0.4, -0.2) is 6.54 Å². The number of hydrogen-bond acceptors (Lipinski definition) is 3. The highest BCUT2D eigenvalue weighted by atomic mass is 15.1. The lowest BCUT2D eigenvalue weighted by Crippen LogP contribution is -2.22. The Labute approximate surface area is 120 Å². The van der Waals surface area contributed by atoms with E-state index in [4.69, 9.17) is 11.0 Å². The first kappa shape index (κ1) is 14.0. The standard InChI is InChI=1S/C17H19N3/c1-3-20(17-8-6-16(19)7-9-17)12-15-5-4-14(11-18)10-13(15)2/h4-10H,3,12,19H2,1-2H3. The van der Waals surface area contributed by atoms with Crippen molar-refractivity contribution in [1.82, 2.24) is 0 Å². The first-order chi connectivity index (χ1) is 9.63. The minimum absolute atomic E-state index is 0.710. The van der Waals surface area contributed by atoms with Crippen LogP contribution in [0.4, 0.5) is 11.4 Å². The molecule has 2 N–H and O–H groups in total. The predicted octanol–water partition coefficient (Wildman–Crippen LogP) is 3.48. The number of benzene rings is 2. The van der Waals surface area contributed by atoms with Crippen LogP contribution in [0.2, 0.25) is 0 Å². The summed E-state index contributed by atoms with van der Waals surface area (Å²) in [7, 11) is 0. The van der Waals surface area contributed by atoms with Crippen molar-refractivity contribution >= 4 is 11.4 Å². The zero-order chi connectivity index (χ0) is 14.5. The second-order valence-electron chi connectivity index (χ2n) is 4.86. The lowest BCUT2D eigenvalue weighted by molar-refractivity contribution is 0.827. The van der Waals surface area contributed by atoms with E-state index in [0.29, 0.717) is 5.56 Å². The highest BCUT2D eigenvalue weighted by molar-refractivity contribution is 5.53. The van der Waals surface area contributed by atoms with Gasteiger partial charge in [-0.2, -0.15) is 5.26 Å². The Morgan fingerprint density at radius 3 is 2.40 bits per heavy atom. The van der Waals surface area contributed by atoms with Gasteiger partial charge in [0.2, 0.25) is 0 Å². The van der Waals surface area contributed by atoms with Crippen molar-refractivity contribution in [2.45, 2.75) is 20.4 Å². The molecule has 0 aliphatic rings. The van der Waals surface area contributed by atoms with Crippen molar-refractivity contribution in [3.63, 3.8) is 0 Å². The Morgan fingerprint density at radius 1 is 1.15 bits per heavy atom. The Balaban J connectivity index is 2.22. The molecule has 0 atom stereocenters. The number of anilines is 2. The molecule has 2 rings (SSSR count). The molecule has 0 bridgehead atoms. The van der Waals surface area contributed by atoms with Gasteiger partial charge in [0.15, 0.2) is 0 Å². The lowest BCUT2D eigenvalue weighted by Gasteiger charge is -2.24. The minimum atomic E-state index is 0.710. The molecule has 0 fully saturated rings. The maximum absolute atomic E-state index is 8.91. The molecule has 0 unspecified atom stereocenters.